The quantitative estimate of drug-likeness (QED) is 0.668. The Kier molecular flexibility index (Phi) is 6.84. The number of anilines is 1. The Morgan fingerprint density at radius 3 is 2.59 bits per heavy atom. The lowest BCUT2D eigenvalue weighted by molar-refractivity contribution is -0.122. The Morgan fingerprint density at radius 1 is 1.24 bits per heavy atom. The zero-order chi connectivity index (χ0) is 21.0. The molecule has 1 heterocycles. The number of carbonyl (C=O) groups excluding carboxylic acids is 1. The minimum absolute atomic E-state index is 0.0222. The van der Waals surface area contributed by atoms with Gasteiger partial charge in [0.15, 0.2) is 0 Å². The Morgan fingerprint density at radius 2 is 1.97 bits per heavy atom. The average molecular weight is 411 g/mol. The third-order valence-electron chi connectivity index (χ3n) is 5.49. The number of amides is 1. The van der Waals surface area contributed by atoms with Crippen molar-refractivity contribution in [1.29, 1.82) is 0 Å². The van der Waals surface area contributed by atoms with Crippen molar-refractivity contribution in [1.82, 2.24) is 4.90 Å². The van der Waals surface area contributed by atoms with Gasteiger partial charge in [-0.05, 0) is 62.0 Å². The van der Waals surface area contributed by atoms with Crippen molar-refractivity contribution in [2.45, 2.75) is 18.8 Å². The fourth-order valence-corrected chi connectivity index (χ4v) is 4.13. The first-order chi connectivity index (χ1) is 13.9. The van der Waals surface area contributed by atoms with E-state index in [1.807, 2.05) is 61.5 Å². The molecule has 0 fully saturated rings. The second kappa shape index (κ2) is 9.35. The van der Waals surface area contributed by atoms with Crippen LogP contribution < -0.4 is 9.64 Å². The highest BCUT2D eigenvalue weighted by atomic mass is 35.5. The summed E-state index contributed by atoms with van der Waals surface area (Å²) < 4.78 is 5.29. The lowest BCUT2D eigenvalue weighted by Crippen LogP contribution is -2.41. The predicted octanol–water partition coefficient (Wildman–Crippen LogP) is 4.22. The van der Waals surface area contributed by atoms with Gasteiger partial charge in [0.1, 0.15) is 5.75 Å². The van der Waals surface area contributed by atoms with Crippen molar-refractivity contribution < 1.29 is 9.53 Å². The molecule has 152 valence electrons. The summed E-state index contributed by atoms with van der Waals surface area (Å²) in [5.74, 6) is 3.29. The van der Waals surface area contributed by atoms with Gasteiger partial charge < -0.3 is 14.5 Å². The van der Waals surface area contributed by atoms with Crippen molar-refractivity contribution in [3.63, 3.8) is 0 Å². The lowest BCUT2D eigenvalue weighted by atomic mass is 9.80. The first-order valence-electron chi connectivity index (χ1n) is 9.76. The number of benzene rings is 2. The molecule has 2 aromatic carbocycles. The van der Waals surface area contributed by atoms with Crippen molar-refractivity contribution in [2.24, 2.45) is 5.92 Å². The van der Waals surface area contributed by atoms with Gasteiger partial charge in [-0.1, -0.05) is 23.7 Å². The van der Waals surface area contributed by atoms with E-state index in [0.717, 1.165) is 29.1 Å². The number of ether oxygens (including phenoxy) is 1. The Hall–Kier alpha value is -2.48. The van der Waals surface area contributed by atoms with E-state index in [4.69, 9.17) is 22.8 Å². The van der Waals surface area contributed by atoms with Gasteiger partial charge in [-0.3, -0.25) is 4.79 Å². The zero-order valence-corrected chi connectivity index (χ0v) is 17.9. The van der Waals surface area contributed by atoms with Gasteiger partial charge in [-0.2, -0.15) is 0 Å². The van der Waals surface area contributed by atoms with Crippen molar-refractivity contribution in [2.75, 3.05) is 39.2 Å². The molecule has 2 aromatic rings. The maximum atomic E-state index is 13.7. The first kappa shape index (κ1) is 21.2. The largest absolute Gasteiger partial charge is 0.497 e. The molecule has 0 radical (unpaired) electrons. The second-order valence-electron chi connectivity index (χ2n) is 7.66. The highest BCUT2D eigenvalue weighted by Gasteiger charge is 2.37. The number of nitrogens with zero attached hydrogens (tertiary/aromatic N) is 2. The van der Waals surface area contributed by atoms with Crippen molar-refractivity contribution in [3.8, 4) is 18.1 Å². The standard InChI is InChI=1S/C24H27ClN2O2/c1-5-6-21-22(17-7-10-20(29-4)11-8-17)16-18-15-19(25)9-12-23(18)27(24(21)28)14-13-26(2)3/h1,7-12,15,21-22H,6,13-14,16H2,2-4H3/t21-,22+/m0/s1. The molecule has 0 aliphatic carbocycles. The van der Waals surface area contributed by atoms with E-state index in [1.165, 1.54) is 0 Å². The van der Waals surface area contributed by atoms with Gasteiger partial charge in [-0.25, -0.2) is 0 Å². The SMILES string of the molecule is C#CC[C@@H]1C(=O)N(CCN(C)C)c2ccc(Cl)cc2C[C@@H]1c1ccc(OC)cc1. The molecule has 4 nitrogen and oxygen atoms in total. The molecule has 5 heteroatoms. The smallest absolute Gasteiger partial charge is 0.231 e. The van der Waals surface area contributed by atoms with Crippen LogP contribution in [0.25, 0.3) is 0 Å². The summed E-state index contributed by atoms with van der Waals surface area (Å²) in [4.78, 5) is 17.6. The van der Waals surface area contributed by atoms with Crippen molar-refractivity contribution >= 4 is 23.2 Å². The van der Waals surface area contributed by atoms with Gasteiger partial charge in [0, 0.05) is 36.1 Å². The van der Waals surface area contributed by atoms with Crippen LogP contribution in [0.5, 0.6) is 5.75 Å². The number of rotatable bonds is 6. The molecule has 0 aromatic heterocycles. The summed E-state index contributed by atoms with van der Waals surface area (Å²) in [5.41, 5.74) is 3.09. The number of fused-ring (bicyclic) bond motifs is 1. The van der Waals surface area contributed by atoms with Crippen LogP contribution in [0, 0.1) is 18.3 Å². The molecule has 0 N–H and O–H groups in total. The van der Waals surface area contributed by atoms with E-state index in [1.54, 1.807) is 7.11 Å². The summed E-state index contributed by atoms with van der Waals surface area (Å²) in [6.45, 7) is 1.38. The van der Waals surface area contributed by atoms with Crippen LogP contribution in [0.3, 0.4) is 0 Å². The average Bonchev–Trinajstić information content (AvgIpc) is 2.81. The summed E-state index contributed by atoms with van der Waals surface area (Å²) in [5, 5.41) is 0.674. The number of halogens is 1. The summed E-state index contributed by atoms with van der Waals surface area (Å²) in [7, 11) is 5.65. The molecule has 3 rings (SSSR count). The van der Waals surface area contributed by atoms with Gasteiger partial charge >= 0.3 is 0 Å². The number of hydrogen-bond donors (Lipinski definition) is 0. The van der Waals surface area contributed by atoms with E-state index >= 15 is 0 Å². The molecule has 1 aliphatic rings. The van der Waals surface area contributed by atoms with Gasteiger partial charge in [-0.15, -0.1) is 12.3 Å². The topological polar surface area (TPSA) is 32.8 Å². The fourth-order valence-electron chi connectivity index (χ4n) is 3.94. The number of hydrogen-bond acceptors (Lipinski definition) is 3. The van der Waals surface area contributed by atoms with Gasteiger partial charge in [0.05, 0.1) is 13.0 Å². The number of carbonyl (C=O) groups is 1. The molecule has 1 aliphatic heterocycles. The fraction of sp³-hybridized carbons (Fsp3) is 0.375. The van der Waals surface area contributed by atoms with Crippen LogP contribution in [0.15, 0.2) is 42.5 Å². The molecule has 0 saturated carbocycles. The van der Waals surface area contributed by atoms with Crippen LogP contribution >= 0.6 is 11.6 Å². The van der Waals surface area contributed by atoms with E-state index in [-0.39, 0.29) is 17.7 Å². The molecule has 0 unspecified atom stereocenters. The van der Waals surface area contributed by atoms with Gasteiger partial charge in [0.2, 0.25) is 5.91 Å². The second-order valence-corrected chi connectivity index (χ2v) is 8.10. The predicted molar refractivity (Wildman–Crippen MR) is 119 cm³/mol. The number of terminal acetylenes is 1. The molecule has 29 heavy (non-hydrogen) atoms. The van der Waals surface area contributed by atoms with E-state index in [0.29, 0.717) is 24.4 Å². The van der Waals surface area contributed by atoms with Crippen LogP contribution in [0.4, 0.5) is 5.69 Å². The molecular weight excluding hydrogens is 384 g/mol. The number of methoxy groups -OCH3 is 1. The van der Waals surface area contributed by atoms with Crippen molar-refractivity contribution in [3.05, 3.63) is 58.6 Å². The van der Waals surface area contributed by atoms with E-state index in [9.17, 15) is 4.79 Å². The molecule has 0 saturated heterocycles. The van der Waals surface area contributed by atoms with Crippen LogP contribution in [0.1, 0.15) is 23.5 Å². The third-order valence-corrected chi connectivity index (χ3v) is 5.73. The molecule has 0 spiro atoms. The van der Waals surface area contributed by atoms with Crippen LogP contribution in [-0.2, 0) is 11.2 Å². The lowest BCUT2D eigenvalue weighted by Gasteiger charge is -2.28. The maximum absolute atomic E-state index is 13.7. The molecule has 0 bridgehead atoms. The highest BCUT2D eigenvalue weighted by molar-refractivity contribution is 6.30. The number of likely N-dealkylation sites (N-methyl/N-ethyl adjacent to an activating group) is 1. The van der Waals surface area contributed by atoms with E-state index in [2.05, 4.69) is 10.8 Å². The minimum Gasteiger partial charge on any atom is -0.497 e. The molecule has 2 atom stereocenters. The molecular formula is C24H27ClN2O2. The van der Waals surface area contributed by atoms with Crippen LogP contribution in [0.2, 0.25) is 5.02 Å². The minimum atomic E-state index is -0.290. The first-order valence-corrected chi connectivity index (χ1v) is 10.1. The Balaban J connectivity index is 2.07. The molecule has 1 amide bonds. The normalized spacial score (nSPS) is 18.9. The summed E-state index contributed by atoms with van der Waals surface area (Å²) in [6.07, 6.45) is 6.79. The third kappa shape index (κ3) is 4.75. The Labute approximate surface area is 178 Å². The highest BCUT2D eigenvalue weighted by Crippen LogP contribution is 2.40. The van der Waals surface area contributed by atoms with E-state index < -0.39 is 0 Å². The monoisotopic (exact) mass is 410 g/mol. The summed E-state index contributed by atoms with van der Waals surface area (Å²) in [6, 6.07) is 13.7. The van der Waals surface area contributed by atoms with Crippen LogP contribution in [-0.4, -0.2) is 45.1 Å². The maximum Gasteiger partial charge on any atom is 0.231 e. The Bertz CT molecular complexity index is 902. The zero-order valence-electron chi connectivity index (χ0n) is 17.2. The summed E-state index contributed by atoms with van der Waals surface area (Å²) >= 11 is 6.31. The van der Waals surface area contributed by atoms with Gasteiger partial charge in [0.25, 0.3) is 0 Å².